The zero-order valence-corrected chi connectivity index (χ0v) is 18.2. The molecule has 0 N–H and O–H groups in total. The first-order valence-corrected chi connectivity index (χ1v) is 11.6. The Hall–Kier alpha value is -2.09. The molecule has 1 aliphatic carbocycles. The quantitative estimate of drug-likeness (QED) is 0.249. The molecular formula is C27H36O2. The second-order valence-electron chi connectivity index (χ2n) is 8.66. The number of hydrogen-bond acceptors (Lipinski definition) is 2. The maximum Gasteiger partial charge on any atom is 0.343 e. The van der Waals surface area contributed by atoms with Crippen LogP contribution >= 0.6 is 0 Å². The van der Waals surface area contributed by atoms with Gasteiger partial charge in [0.05, 0.1) is 5.56 Å². The predicted octanol–water partition coefficient (Wildman–Crippen LogP) is 7.64. The van der Waals surface area contributed by atoms with E-state index in [9.17, 15) is 4.79 Å². The Morgan fingerprint density at radius 3 is 2.17 bits per heavy atom. The number of unbranched alkanes of at least 4 members (excludes halogenated alkanes) is 2. The highest BCUT2D eigenvalue weighted by atomic mass is 16.5. The van der Waals surface area contributed by atoms with E-state index < -0.39 is 0 Å². The molecule has 3 rings (SSSR count). The van der Waals surface area contributed by atoms with E-state index in [0.29, 0.717) is 16.7 Å². The van der Waals surface area contributed by atoms with E-state index in [1.54, 1.807) is 0 Å². The van der Waals surface area contributed by atoms with Crippen LogP contribution in [0.2, 0.25) is 0 Å². The summed E-state index contributed by atoms with van der Waals surface area (Å²) in [4.78, 5) is 12.5. The van der Waals surface area contributed by atoms with Gasteiger partial charge in [-0.2, -0.15) is 0 Å². The number of carbonyl (C=O) groups is 1. The fourth-order valence-electron chi connectivity index (χ4n) is 4.82. The lowest BCUT2D eigenvalue weighted by Gasteiger charge is -2.38. The molecule has 0 aliphatic heterocycles. The average molecular weight is 393 g/mol. The van der Waals surface area contributed by atoms with Crippen LogP contribution in [0.1, 0.15) is 99.5 Å². The molecule has 156 valence electrons. The predicted molar refractivity (Wildman–Crippen MR) is 121 cm³/mol. The number of rotatable bonds is 9. The van der Waals surface area contributed by atoms with Gasteiger partial charge in [-0.25, -0.2) is 4.79 Å². The van der Waals surface area contributed by atoms with Gasteiger partial charge >= 0.3 is 5.97 Å². The van der Waals surface area contributed by atoms with E-state index in [1.165, 1.54) is 75.3 Å². The van der Waals surface area contributed by atoms with Crippen molar-refractivity contribution in [1.29, 1.82) is 0 Å². The standard InChI is InChI=1S/C27H36O2/c1-3-5-7-10-22-11-13-23(14-12-22)26(28)29-25-17-15-24(16-18-25)27(19-4-2)20-8-6-9-21-27/h11-18H,3-10,19-21H2,1-2H3. The van der Waals surface area contributed by atoms with Gasteiger partial charge in [-0.1, -0.05) is 76.6 Å². The van der Waals surface area contributed by atoms with Crippen molar-refractivity contribution in [2.75, 3.05) is 0 Å². The SMILES string of the molecule is CCCCCc1ccc(C(=O)Oc2ccc(C3(CCC)CCCCC3)cc2)cc1. The molecule has 0 amide bonds. The Labute approximate surface area is 176 Å². The fraction of sp³-hybridized carbons (Fsp3) is 0.519. The third kappa shape index (κ3) is 5.72. The zero-order valence-electron chi connectivity index (χ0n) is 18.2. The van der Waals surface area contributed by atoms with Crippen LogP contribution < -0.4 is 4.74 Å². The minimum Gasteiger partial charge on any atom is -0.423 e. The molecule has 0 spiro atoms. The van der Waals surface area contributed by atoms with Crippen molar-refractivity contribution in [3.05, 3.63) is 65.2 Å². The summed E-state index contributed by atoms with van der Waals surface area (Å²) in [5.41, 5.74) is 3.63. The maximum atomic E-state index is 12.5. The third-order valence-corrected chi connectivity index (χ3v) is 6.48. The van der Waals surface area contributed by atoms with Crippen LogP contribution in [-0.4, -0.2) is 5.97 Å². The lowest BCUT2D eigenvalue weighted by molar-refractivity contribution is 0.0734. The van der Waals surface area contributed by atoms with Gasteiger partial charge < -0.3 is 4.74 Å². The van der Waals surface area contributed by atoms with Crippen molar-refractivity contribution in [3.63, 3.8) is 0 Å². The minimum atomic E-state index is -0.279. The molecule has 1 aliphatic rings. The Bertz CT molecular complexity index is 747. The fourth-order valence-corrected chi connectivity index (χ4v) is 4.82. The van der Waals surface area contributed by atoms with Crippen molar-refractivity contribution in [3.8, 4) is 5.75 Å². The number of aryl methyl sites for hydroxylation is 1. The average Bonchev–Trinajstić information content (AvgIpc) is 2.76. The second-order valence-corrected chi connectivity index (χ2v) is 8.66. The lowest BCUT2D eigenvalue weighted by atomic mass is 9.67. The molecule has 0 atom stereocenters. The minimum absolute atomic E-state index is 0.279. The Balaban J connectivity index is 1.62. The summed E-state index contributed by atoms with van der Waals surface area (Å²) in [5, 5.41) is 0. The molecule has 2 nitrogen and oxygen atoms in total. The van der Waals surface area contributed by atoms with Crippen LogP contribution in [0, 0.1) is 0 Å². The van der Waals surface area contributed by atoms with Gasteiger partial charge in [0.25, 0.3) is 0 Å². The molecule has 0 radical (unpaired) electrons. The number of esters is 1. The molecule has 0 bridgehead atoms. The third-order valence-electron chi connectivity index (χ3n) is 6.48. The monoisotopic (exact) mass is 392 g/mol. The van der Waals surface area contributed by atoms with Crippen molar-refractivity contribution in [2.24, 2.45) is 0 Å². The van der Waals surface area contributed by atoms with Gasteiger partial charge in [0.2, 0.25) is 0 Å². The van der Waals surface area contributed by atoms with Crippen LogP contribution in [0.15, 0.2) is 48.5 Å². The molecule has 2 aromatic carbocycles. The summed E-state index contributed by atoms with van der Waals surface area (Å²) in [6.07, 6.45) is 13.8. The Morgan fingerprint density at radius 2 is 1.55 bits per heavy atom. The molecule has 29 heavy (non-hydrogen) atoms. The number of hydrogen-bond donors (Lipinski definition) is 0. The van der Waals surface area contributed by atoms with E-state index in [1.807, 2.05) is 36.4 Å². The largest absolute Gasteiger partial charge is 0.423 e. The Kier molecular flexibility index (Phi) is 7.91. The van der Waals surface area contributed by atoms with E-state index in [0.717, 1.165) is 6.42 Å². The second kappa shape index (κ2) is 10.6. The first kappa shape index (κ1) is 21.6. The van der Waals surface area contributed by atoms with Crippen molar-refractivity contribution in [2.45, 2.75) is 89.9 Å². The van der Waals surface area contributed by atoms with E-state index in [4.69, 9.17) is 4.74 Å². The van der Waals surface area contributed by atoms with Crippen LogP contribution in [0.4, 0.5) is 0 Å². The van der Waals surface area contributed by atoms with E-state index >= 15 is 0 Å². The van der Waals surface area contributed by atoms with E-state index in [-0.39, 0.29) is 5.97 Å². The number of ether oxygens (including phenoxy) is 1. The molecule has 1 fully saturated rings. The van der Waals surface area contributed by atoms with Gasteiger partial charge in [0.1, 0.15) is 5.75 Å². The van der Waals surface area contributed by atoms with Gasteiger partial charge in [0.15, 0.2) is 0 Å². The first-order chi connectivity index (χ1) is 14.2. The normalized spacial score (nSPS) is 15.8. The molecule has 2 aromatic rings. The summed E-state index contributed by atoms with van der Waals surface area (Å²) in [7, 11) is 0. The topological polar surface area (TPSA) is 26.3 Å². The van der Waals surface area contributed by atoms with Gasteiger partial charge in [0, 0.05) is 0 Å². The number of carbonyl (C=O) groups excluding carboxylic acids is 1. The smallest absolute Gasteiger partial charge is 0.343 e. The van der Waals surface area contributed by atoms with E-state index in [2.05, 4.69) is 26.0 Å². The van der Waals surface area contributed by atoms with Crippen LogP contribution in [0.5, 0.6) is 5.75 Å². The van der Waals surface area contributed by atoms with Gasteiger partial charge in [-0.15, -0.1) is 0 Å². The van der Waals surface area contributed by atoms with Crippen LogP contribution in [-0.2, 0) is 11.8 Å². The molecule has 0 saturated heterocycles. The van der Waals surface area contributed by atoms with Crippen molar-refractivity contribution < 1.29 is 9.53 Å². The molecule has 0 aromatic heterocycles. The maximum absolute atomic E-state index is 12.5. The zero-order chi connectivity index (χ0) is 20.5. The van der Waals surface area contributed by atoms with Crippen LogP contribution in [0.25, 0.3) is 0 Å². The molecule has 0 unspecified atom stereocenters. The summed E-state index contributed by atoms with van der Waals surface area (Å²) >= 11 is 0. The van der Waals surface area contributed by atoms with Gasteiger partial charge in [-0.05, 0) is 72.9 Å². The highest BCUT2D eigenvalue weighted by Gasteiger charge is 2.32. The molecule has 1 saturated carbocycles. The lowest BCUT2D eigenvalue weighted by Crippen LogP contribution is -2.28. The first-order valence-electron chi connectivity index (χ1n) is 11.6. The number of benzene rings is 2. The molecule has 0 heterocycles. The molecular weight excluding hydrogens is 356 g/mol. The summed E-state index contributed by atoms with van der Waals surface area (Å²) < 4.78 is 5.64. The van der Waals surface area contributed by atoms with Crippen LogP contribution in [0.3, 0.4) is 0 Å². The summed E-state index contributed by atoms with van der Waals surface area (Å²) in [6.45, 7) is 4.49. The summed E-state index contributed by atoms with van der Waals surface area (Å²) in [6, 6.07) is 16.2. The highest BCUT2D eigenvalue weighted by Crippen LogP contribution is 2.43. The highest BCUT2D eigenvalue weighted by molar-refractivity contribution is 5.91. The van der Waals surface area contributed by atoms with Crippen molar-refractivity contribution in [1.82, 2.24) is 0 Å². The summed E-state index contributed by atoms with van der Waals surface area (Å²) in [5.74, 6) is 0.354. The van der Waals surface area contributed by atoms with Gasteiger partial charge in [-0.3, -0.25) is 0 Å². The molecule has 2 heteroatoms. The van der Waals surface area contributed by atoms with Crippen molar-refractivity contribution >= 4 is 5.97 Å². The Morgan fingerprint density at radius 1 is 0.862 bits per heavy atom.